The van der Waals surface area contributed by atoms with Gasteiger partial charge in [-0.05, 0) is 31.2 Å². The van der Waals surface area contributed by atoms with E-state index in [-0.39, 0.29) is 5.82 Å². The van der Waals surface area contributed by atoms with E-state index in [4.69, 9.17) is 5.84 Å². The third kappa shape index (κ3) is 3.06. The van der Waals surface area contributed by atoms with E-state index >= 15 is 0 Å². The molecule has 3 aromatic rings. The first-order valence-electron chi connectivity index (χ1n) is 6.14. The highest BCUT2D eigenvalue weighted by molar-refractivity contribution is 7.98. The molecule has 0 aliphatic heterocycles. The predicted octanol–water partition coefficient (Wildman–Crippen LogP) is 2.86. The largest absolute Gasteiger partial charge is 0.336 e. The molecule has 0 aliphatic rings. The minimum absolute atomic E-state index is 0.247. The molecule has 1 aromatic carbocycles. The molecular weight excluding hydrogens is 309 g/mol. The number of nitrogens with two attached hydrogens (primary N) is 1. The van der Waals surface area contributed by atoms with Crippen LogP contribution in [0.4, 0.5) is 4.39 Å². The van der Waals surface area contributed by atoms with Crippen LogP contribution in [0, 0.1) is 12.7 Å². The van der Waals surface area contributed by atoms with Gasteiger partial charge < -0.3 is 5.84 Å². The Hall–Kier alpha value is -1.93. The highest BCUT2D eigenvalue weighted by Gasteiger charge is 2.09. The summed E-state index contributed by atoms with van der Waals surface area (Å²) in [5, 5.41) is 11.4. The number of aromatic nitrogens is 4. The van der Waals surface area contributed by atoms with Crippen LogP contribution >= 0.6 is 23.1 Å². The first-order valence-corrected chi connectivity index (χ1v) is 8.00. The van der Waals surface area contributed by atoms with E-state index in [0.717, 1.165) is 16.3 Å². The number of benzene rings is 1. The van der Waals surface area contributed by atoms with Gasteiger partial charge in [0.2, 0.25) is 5.16 Å². The van der Waals surface area contributed by atoms with Crippen molar-refractivity contribution >= 4 is 23.1 Å². The third-order valence-corrected chi connectivity index (χ3v) is 4.74. The topological polar surface area (TPSA) is 69.6 Å². The molecule has 0 fully saturated rings. The van der Waals surface area contributed by atoms with Crippen LogP contribution in [-0.2, 0) is 5.75 Å². The van der Waals surface area contributed by atoms with Crippen LogP contribution in [0.1, 0.15) is 11.5 Å². The van der Waals surface area contributed by atoms with E-state index in [1.807, 2.05) is 5.38 Å². The number of aryl methyl sites for hydroxylation is 1. The smallest absolute Gasteiger partial charge is 0.210 e. The average Bonchev–Trinajstić information content (AvgIpc) is 3.07. The zero-order chi connectivity index (χ0) is 14.8. The summed E-state index contributed by atoms with van der Waals surface area (Å²) >= 11 is 3.01. The average molecular weight is 321 g/mol. The number of thiazole rings is 1. The minimum atomic E-state index is -0.247. The van der Waals surface area contributed by atoms with Crippen LogP contribution in [0.5, 0.6) is 0 Å². The van der Waals surface area contributed by atoms with Gasteiger partial charge in [-0.1, -0.05) is 11.8 Å². The Morgan fingerprint density at radius 1 is 1.29 bits per heavy atom. The van der Waals surface area contributed by atoms with Gasteiger partial charge in [0.1, 0.15) is 16.6 Å². The van der Waals surface area contributed by atoms with Crippen LogP contribution in [0.3, 0.4) is 0 Å². The van der Waals surface area contributed by atoms with E-state index in [0.29, 0.717) is 16.7 Å². The Labute approximate surface area is 129 Å². The lowest BCUT2D eigenvalue weighted by Crippen LogP contribution is -2.11. The lowest BCUT2D eigenvalue weighted by Gasteiger charge is -1.99. The van der Waals surface area contributed by atoms with Crippen LogP contribution in [-0.4, -0.2) is 19.9 Å². The lowest BCUT2D eigenvalue weighted by molar-refractivity contribution is 0.628. The van der Waals surface area contributed by atoms with Crippen LogP contribution in [0.25, 0.3) is 10.6 Å². The molecule has 108 valence electrons. The number of hydrogen-bond donors (Lipinski definition) is 1. The van der Waals surface area contributed by atoms with Crippen molar-refractivity contribution in [3.05, 3.63) is 47.0 Å². The molecular formula is C13H12FN5S2. The first kappa shape index (κ1) is 14.0. The number of nitrogen functional groups attached to an aromatic ring is 1. The van der Waals surface area contributed by atoms with Gasteiger partial charge in [0.05, 0.1) is 5.69 Å². The summed E-state index contributed by atoms with van der Waals surface area (Å²) in [5.41, 5.74) is 1.85. The molecule has 5 nitrogen and oxygen atoms in total. The summed E-state index contributed by atoms with van der Waals surface area (Å²) < 4.78 is 14.4. The van der Waals surface area contributed by atoms with Gasteiger partial charge in [0.15, 0.2) is 0 Å². The number of hydrogen-bond acceptors (Lipinski definition) is 6. The fourth-order valence-electron chi connectivity index (χ4n) is 1.69. The first-order chi connectivity index (χ1) is 10.1. The van der Waals surface area contributed by atoms with Gasteiger partial charge in [-0.25, -0.2) is 14.1 Å². The van der Waals surface area contributed by atoms with E-state index in [9.17, 15) is 4.39 Å². The van der Waals surface area contributed by atoms with Gasteiger partial charge in [-0.15, -0.1) is 21.5 Å². The van der Waals surface area contributed by atoms with E-state index in [2.05, 4.69) is 15.2 Å². The molecule has 8 heteroatoms. The number of rotatable bonds is 4. The molecule has 0 radical (unpaired) electrons. The monoisotopic (exact) mass is 321 g/mol. The summed E-state index contributed by atoms with van der Waals surface area (Å²) in [6.45, 7) is 1.80. The molecule has 0 unspecified atom stereocenters. The highest BCUT2D eigenvalue weighted by Crippen LogP contribution is 2.27. The summed E-state index contributed by atoms with van der Waals surface area (Å²) in [4.78, 5) is 4.54. The maximum absolute atomic E-state index is 12.9. The van der Waals surface area contributed by atoms with E-state index in [1.54, 1.807) is 19.1 Å². The van der Waals surface area contributed by atoms with Crippen molar-refractivity contribution in [3.8, 4) is 10.6 Å². The van der Waals surface area contributed by atoms with Crippen LogP contribution in [0.15, 0.2) is 34.8 Å². The van der Waals surface area contributed by atoms with Crippen molar-refractivity contribution < 1.29 is 4.39 Å². The van der Waals surface area contributed by atoms with Gasteiger partial charge in [-0.2, -0.15) is 0 Å². The highest BCUT2D eigenvalue weighted by atomic mass is 32.2. The Kier molecular flexibility index (Phi) is 3.89. The van der Waals surface area contributed by atoms with Crippen molar-refractivity contribution in [1.29, 1.82) is 0 Å². The molecule has 0 saturated carbocycles. The van der Waals surface area contributed by atoms with Gasteiger partial charge >= 0.3 is 0 Å². The molecule has 0 bridgehead atoms. The number of thioether (sulfide) groups is 1. The molecule has 0 aliphatic carbocycles. The van der Waals surface area contributed by atoms with Crippen molar-refractivity contribution in [2.24, 2.45) is 0 Å². The zero-order valence-electron chi connectivity index (χ0n) is 11.2. The fraction of sp³-hybridized carbons (Fsp3) is 0.154. The molecule has 0 amide bonds. The Bertz CT molecular complexity index is 750. The van der Waals surface area contributed by atoms with Gasteiger partial charge in [0.25, 0.3) is 0 Å². The summed E-state index contributed by atoms with van der Waals surface area (Å²) in [6.07, 6.45) is 0. The van der Waals surface area contributed by atoms with Gasteiger partial charge in [0, 0.05) is 16.7 Å². The van der Waals surface area contributed by atoms with Crippen molar-refractivity contribution in [1.82, 2.24) is 19.9 Å². The Morgan fingerprint density at radius 3 is 2.71 bits per heavy atom. The van der Waals surface area contributed by atoms with Crippen LogP contribution < -0.4 is 5.84 Å². The number of halogens is 1. The molecule has 2 heterocycles. The Morgan fingerprint density at radius 2 is 2.05 bits per heavy atom. The minimum Gasteiger partial charge on any atom is -0.336 e. The molecule has 3 rings (SSSR count). The van der Waals surface area contributed by atoms with Gasteiger partial charge in [-0.3, -0.25) is 0 Å². The SMILES string of the molecule is Cc1nnc(SCc2csc(-c3ccc(F)cc3)n2)n1N. The fourth-order valence-corrected chi connectivity index (χ4v) is 3.41. The van der Waals surface area contributed by atoms with Crippen molar-refractivity contribution in [3.63, 3.8) is 0 Å². The quantitative estimate of drug-likeness (QED) is 0.591. The molecule has 0 spiro atoms. The summed E-state index contributed by atoms with van der Waals surface area (Å²) in [5.74, 6) is 6.88. The molecule has 0 atom stereocenters. The molecule has 2 N–H and O–H groups in total. The van der Waals surface area contributed by atoms with E-state index < -0.39 is 0 Å². The normalized spacial score (nSPS) is 11.0. The molecule has 21 heavy (non-hydrogen) atoms. The third-order valence-electron chi connectivity index (χ3n) is 2.83. The summed E-state index contributed by atoms with van der Waals surface area (Å²) in [7, 11) is 0. The zero-order valence-corrected chi connectivity index (χ0v) is 12.8. The number of nitrogens with zero attached hydrogens (tertiary/aromatic N) is 4. The second kappa shape index (κ2) is 5.82. The molecule has 0 saturated heterocycles. The van der Waals surface area contributed by atoms with Crippen molar-refractivity contribution in [2.75, 3.05) is 5.84 Å². The maximum atomic E-state index is 12.9. The summed E-state index contributed by atoms with van der Waals surface area (Å²) in [6, 6.07) is 6.32. The Balaban J connectivity index is 1.70. The van der Waals surface area contributed by atoms with Crippen LogP contribution in [0.2, 0.25) is 0 Å². The predicted molar refractivity (Wildman–Crippen MR) is 82.0 cm³/mol. The second-order valence-corrected chi connectivity index (χ2v) is 6.14. The van der Waals surface area contributed by atoms with E-state index in [1.165, 1.54) is 39.9 Å². The maximum Gasteiger partial charge on any atom is 0.210 e. The second-order valence-electron chi connectivity index (χ2n) is 4.34. The standard InChI is InChI=1S/C13H12FN5S2/c1-8-17-18-13(19(8)15)21-7-11-6-20-12(16-11)9-2-4-10(14)5-3-9/h2-6H,7,15H2,1H3. The van der Waals surface area contributed by atoms with Crippen molar-refractivity contribution in [2.45, 2.75) is 17.8 Å². The lowest BCUT2D eigenvalue weighted by atomic mass is 10.2. The molecule has 2 aromatic heterocycles.